The van der Waals surface area contributed by atoms with Gasteiger partial charge in [0.2, 0.25) is 0 Å². The molecule has 0 bridgehead atoms. The molecule has 0 spiro atoms. The average molecular weight is 473 g/mol. The molecule has 0 heterocycles. The van der Waals surface area contributed by atoms with E-state index in [1.54, 1.807) is 6.07 Å². The fraction of sp³-hybridized carbons (Fsp3) is 0.500. The van der Waals surface area contributed by atoms with Crippen molar-refractivity contribution in [3.8, 4) is 17.2 Å². The minimum Gasteiger partial charge on any atom is -0.872 e. The Bertz CT molecular complexity index is 883. The Kier molecular flexibility index (Phi) is 14.2. The van der Waals surface area contributed by atoms with Crippen molar-refractivity contribution in [1.29, 1.82) is 0 Å². The molecule has 0 fully saturated rings. The predicted octanol–water partition coefficient (Wildman–Crippen LogP) is 3.27. The van der Waals surface area contributed by atoms with Gasteiger partial charge in [-0.25, -0.2) is 0 Å². The van der Waals surface area contributed by atoms with Gasteiger partial charge in [0.1, 0.15) is 16.4 Å². The maximum atomic E-state index is 11.6. The summed E-state index contributed by atoms with van der Waals surface area (Å²) in [6.45, 7) is 2.23. The number of unbranched alkanes of at least 4 members (excludes halogenated alkanes) is 9. The van der Waals surface area contributed by atoms with Gasteiger partial charge in [0.15, 0.2) is 0 Å². The Labute approximate surface area is 229 Å². The van der Waals surface area contributed by atoms with Gasteiger partial charge in [-0.15, -0.1) is 5.75 Å². The van der Waals surface area contributed by atoms with Gasteiger partial charge in [-0.3, -0.25) is 4.55 Å². The van der Waals surface area contributed by atoms with E-state index in [0.717, 1.165) is 30.9 Å². The molecule has 0 radical (unpaired) electrons. The maximum Gasteiger partial charge on any atom is 1.00 e. The van der Waals surface area contributed by atoms with Crippen LogP contribution in [0.3, 0.4) is 0 Å². The normalized spacial score (nSPS) is 11.2. The fourth-order valence-corrected chi connectivity index (χ4v) is 4.13. The molecule has 5 nitrogen and oxygen atoms in total. The molecule has 0 amide bonds. The third kappa shape index (κ3) is 10.8. The molecule has 0 unspecified atom stereocenters. The molecule has 0 saturated heterocycles. The van der Waals surface area contributed by atoms with Crippen LogP contribution in [0.2, 0.25) is 0 Å². The smallest absolute Gasteiger partial charge is 0.872 e. The van der Waals surface area contributed by atoms with Crippen LogP contribution >= 0.6 is 0 Å². The first kappa shape index (κ1) is 28.6. The Hall–Kier alpha value is -0.414. The van der Waals surface area contributed by atoms with Crippen molar-refractivity contribution in [3.05, 3.63) is 48.0 Å². The Morgan fingerprint density at radius 2 is 1.42 bits per heavy atom. The van der Waals surface area contributed by atoms with Gasteiger partial charge >= 0.3 is 51.4 Å². The molecule has 0 aliphatic heterocycles. The van der Waals surface area contributed by atoms with Gasteiger partial charge < -0.3 is 9.84 Å². The molecule has 0 saturated carbocycles. The zero-order valence-corrected chi connectivity index (χ0v) is 22.7. The van der Waals surface area contributed by atoms with E-state index in [9.17, 15) is 18.1 Å². The number of ether oxygens (including phenoxy) is 1. The zero-order chi connectivity index (χ0) is 21.8. The summed E-state index contributed by atoms with van der Waals surface area (Å²) in [5, 5.41) is 11.5. The van der Waals surface area contributed by atoms with Crippen molar-refractivity contribution in [2.45, 2.75) is 82.4 Å². The second-order valence-corrected chi connectivity index (χ2v) is 9.12. The molecule has 0 aliphatic carbocycles. The fourth-order valence-electron chi connectivity index (χ4n) is 3.51. The van der Waals surface area contributed by atoms with Crippen molar-refractivity contribution >= 4 is 10.1 Å². The second kappa shape index (κ2) is 15.4. The molecule has 2 rings (SSSR count). The first-order chi connectivity index (χ1) is 14.4. The van der Waals surface area contributed by atoms with Crippen molar-refractivity contribution in [2.24, 2.45) is 0 Å². The summed E-state index contributed by atoms with van der Waals surface area (Å²) in [6.07, 6.45) is 13.4. The van der Waals surface area contributed by atoms with E-state index in [2.05, 4.69) is 6.92 Å². The average Bonchev–Trinajstić information content (AvgIpc) is 2.71. The van der Waals surface area contributed by atoms with Gasteiger partial charge in [0.05, 0.1) is 0 Å². The van der Waals surface area contributed by atoms with Crippen molar-refractivity contribution in [1.82, 2.24) is 0 Å². The van der Waals surface area contributed by atoms with E-state index in [-0.39, 0.29) is 57.1 Å². The Morgan fingerprint density at radius 3 is 2.03 bits per heavy atom. The summed E-state index contributed by atoms with van der Waals surface area (Å²) in [5.41, 5.74) is 0.976. The monoisotopic (exact) mass is 472 g/mol. The van der Waals surface area contributed by atoms with E-state index in [4.69, 9.17) is 4.74 Å². The molecule has 166 valence electrons. The molecule has 31 heavy (non-hydrogen) atoms. The summed E-state index contributed by atoms with van der Waals surface area (Å²) in [5.74, 6) is -0.0155. The molecule has 0 aromatic heterocycles. The summed E-state index contributed by atoms with van der Waals surface area (Å²) < 4.78 is 38.4. The van der Waals surface area contributed by atoms with E-state index >= 15 is 0 Å². The summed E-state index contributed by atoms with van der Waals surface area (Å²) in [4.78, 5) is -0.510. The Morgan fingerprint density at radius 1 is 0.839 bits per heavy atom. The van der Waals surface area contributed by atoms with Gasteiger partial charge in [0, 0.05) is 0 Å². The van der Waals surface area contributed by atoms with Gasteiger partial charge in [0.25, 0.3) is 10.1 Å². The van der Waals surface area contributed by atoms with Crippen LogP contribution in [0.4, 0.5) is 0 Å². The quantitative estimate of drug-likeness (QED) is 0.259. The van der Waals surface area contributed by atoms with Crippen LogP contribution in [-0.4, -0.2) is 13.0 Å². The van der Waals surface area contributed by atoms with Crippen molar-refractivity contribution in [3.63, 3.8) is 0 Å². The standard InChI is InChI=1S/C24H34O5S.K/c1-2-3-4-5-6-7-8-9-10-11-14-20-15-12-13-16-22(20)29-23-18-17-21(25)19-24(23)30(26,27)28;/h12-13,15-19,25H,2-11,14H2,1H3,(H,26,27,28);/q;+1/p-1. The van der Waals surface area contributed by atoms with Crippen LogP contribution in [0, 0.1) is 0 Å². The molecule has 7 heteroatoms. The molecule has 0 atom stereocenters. The van der Waals surface area contributed by atoms with E-state index in [0.29, 0.717) is 5.75 Å². The number of hydrogen-bond donors (Lipinski definition) is 1. The number of aryl methyl sites for hydroxylation is 1. The molecule has 2 aromatic rings. The number of benzene rings is 2. The number of para-hydroxylation sites is 1. The van der Waals surface area contributed by atoms with Crippen molar-refractivity contribution in [2.75, 3.05) is 0 Å². The van der Waals surface area contributed by atoms with E-state index in [1.807, 2.05) is 18.2 Å². The third-order valence-electron chi connectivity index (χ3n) is 5.19. The summed E-state index contributed by atoms with van der Waals surface area (Å²) in [6, 6.07) is 10.8. The summed E-state index contributed by atoms with van der Waals surface area (Å²) in [7, 11) is -4.55. The van der Waals surface area contributed by atoms with Crippen molar-refractivity contribution < 1.29 is 74.2 Å². The molecule has 2 aromatic carbocycles. The van der Waals surface area contributed by atoms with Crippen LogP contribution in [0.5, 0.6) is 17.2 Å². The van der Waals surface area contributed by atoms with Gasteiger partial charge in [-0.05, 0) is 36.6 Å². The van der Waals surface area contributed by atoms with Crippen LogP contribution in [0.25, 0.3) is 0 Å². The largest absolute Gasteiger partial charge is 1.00 e. The summed E-state index contributed by atoms with van der Waals surface area (Å²) >= 11 is 0. The minimum atomic E-state index is -4.55. The maximum absolute atomic E-state index is 11.6. The second-order valence-electron chi connectivity index (χ2n) is 7.73. The first-order valence-corrected chi connectivity index (χ1v) is 12.4. The van der Waals surface area contributed by atoms with E-state index in [1.165, 1.54) is 63.5 Å². The molecular weight excluding hydrogens is 439 g/mol. The zero-order valence-electron chi connectivity index (χ0n) is 18.8. The minimum absolute atomic E-state index is 0. The van der Waals surface area contributed by atoms with Gasteiger partial charge in [-0.1, -0.05) is 89.0 Å². The first-order valence-electron chi connectivity index (χ1n) is 11.0. The number of hydrogen-bond acceptors (Lipinski definition) is 4. The van der Waals surface area contributed by atoms with Crippen LogP contribution in [0.1, 0.15) is 76.7 Å². The number of rotatable bonds is 14. The van der Waals surface area contributed by atoms with Crippen LogP contribution < -0.4 is 61.2 Å². The van der Waals surface area contributed by atoms with Crippen LogP contribution in [0.15, 0.2) is 47.4 Å². The predicted molar refractivity (Wildman–Crippen MR) is 118 cm³/mol. The van der Waals surface area contributed by atoms with Gasteiger partial charge in [-0.2, -0.15) is 8.42 Å². The third-order valence-corrected chi connectivity index (χ3v) is 6.06. The molecule has 1 N–H and O–H groups in total. The van der Waals surface area contributed by atoms with Crippen LogP contribution in [-0.2, 0) is 16.5 Å². The Balaban J connectivity index is 0.00000480. The van der Waals surface area contributed by atoms with E-state index < -0.39 is 20.8 Å². The molecular formula is C24H33KO5S. The molecule has 0 aliphatic rings. The SMILES string of the molecule is CCCCCCCCCCCCc1ccccc1Oc1ccc([O-])cc1S(=O)(=O)O.[K+]. The topological polar surface area (TPSA) is 86.7 Å².